The molecule has 0 aromatic heterocycles. The van der Waals surface area contributed by atoms with Crippen LogP contribution in [0.2, 0.25) is 0 Å². The predicted octanol–water partition coefficient (Wildman–Crippen LogP) is 3.21. The van der Waals surface area contributed by atoms with Crippen molar-refractivity contribution in [2.45, 2.75) is 57.8 Å². The zero-order chi connectivity index (χ0) is 10.9. The zero-order valence-corrected chi connectivity index (χ0v) is 9.34. The quantitative estimate of drug-likeness (QED) is 0.573. The first-order valence-corrected chi connectivity index (χ1v) is 5.97. The highest BCUT2D eigenvalue weighted by Crippen LogP contribution is 2.09. The molecule has 0 heterocycles. The summed E-state index contributed by atoms with van der Waals surface area (Å²) in [6, 6.07) is 0. The third-order valence-electron chi connectivity index (χ3n) is 2.75. The Hall–Kier alpha value is -0.920. The molecule has 0 fully saturated rings. The molecule has 0 spiro atoms. The smallest absolute Gasteiger partial charge is 0.133 e. The van der Waals surface area contributed by atoms with Crippen molar-refractivity contribution in [3.8, 4) is 0 Å². The monoisotopic (exact) mass is 208 g/mol. The molecule has 84 valence electrons. The topological polar surface area (TPSA) is 34.1 Å². The molecule has 0 aromatic rings. The van der Waals surface area contributed by atoms with Crippen molar-refractivity contribution < 1.29 is 9.59 Å². The molecule has 2 heteroatoms. The SMILES string of the molecule is O=C1CCCC=CCCCCC(=O)CC1. The summed E-state index contributed by atoms with van der Waals surface area (Å²) in [5.74, 6) is 0.502. The Balaban J connectivity index is 2.36. The predicted molar refractivity (Wildman–Crippen MR) is 60.7 cm³/mol. The number of carbonyl (C=O) groups is 2. The summed E-state index contributed by atoms with van der Waals surface area (Å²) >= 11 is 0. The number of allylic oxidation sites excluding steroid dienone is 2. The van der Waals surface area contributed by atoms with E-state index < -0.39 is 0 Å². The van der Waals surface area contributed by atoms with Gasteiger partial charge in [0, 0.05) is 25.7 Å². The average Bonchev–Trinajstić information content (AvgIpc) is 2.24. The van der Waals surface area contributed by atoms with E-state index in [1.54, 1.807) is 0 Å². The van der Waals surface area contributed by atoms with Crippen molar-refractivity contribution in [1.82, 2.24) is 0 Å². The fraction of sp³-hybridized carbons (Fsp3) is 0.692. The lowest BCUT2D eigenvalue weighted by Gasteiger charge is -1.99. The average molecular weight is 208 g/mol. The van der Waals surface area contributed by atoms with Gasteiger partial charge in [-0.2, -0.15) is 0 Å². The van der Waals surface area contributed by atoms with Gasteiger partial charge in [0.05, 0.1) is 0 Å². The molecule has 0 amide bonds. The summed E-state index contributed by atoms with van der Waals surface area (Å²) in [5, 5.41) is 0. The number of hydrogen-bond donors (Lipinski definition) is 0. The summed E-state index contributed by atoms with van der Waals surface area (Å²) in [4.78, 5) is 22.7. The molecule has 0 atom stereocenters. The third kappa shape index (κ3) is 6.21. The summed E-state index contributed by atoms with van der Waals surface area (Å²) in [5.41, 5.74) is 0. The number of carbonyl (C=O) groups excluding carboxylic acids is 2. The molecule has 0 saturated carbocycles. The Morgan fingerprint density at radius 2 is 1.20 bits per heavy atom. The highest BCUT2D eigenvalue weighted by atomic mass is 16.1. The van der Waals surface area contributed by atoms with E-state index in [1.807, 2.05) is 0 Å². The second-order valence-electron chi connectivity index (χ2n) is 4.19. The normalized spacial score (nSPS) is 21.6. The molecule has 1 rings (SSSR count). The van der Waals surface area contributed by atoms with Crippen molar-refractivity contribution in [2.24, 2.45) is 0 Å². The molecule has 0 bridgehead atoms. The number of hydrogen-bond acceptors (Lipinski definition) is 2. The van der Waals surface area contributed by atoms with Gasteiger partial charge in [-0.25, -0.2) is 0 Å². The van der Waals surface area contributed by atoms with Gasteiger partial charge in [-0.3, -0.25) is 9.59 Å². The highest BCUT2D eigenvalue weighted by molar-refractivity contribution is 5.85. The van der Waals surface area contributed by atoms with Crippen molar-refractivity contribution in [2.75, 3.05) is 0 Å². The lowest BCUT2D eigenvalue weighted by molar-refractivity contribution is -0.124. The van der Waals surface area contributed by atoms with Gasteiger partial charge in [0.2, 0.25) is 0 Å². The molecule has 1 aliphatic rings. The van der Waals surface area contributed by atoms with E-state index in [9.17, 15) is 9.59 Å². The second-order valence-corrected chi connectivity index (χ2v) is 4.19. The van der Waals surface area contributed by atoms with Crippen LogP contribution >= 0.6 is 0 Å². The van der Waals surface area contributed by atoms with Crippen molar-refractivity contribution in [3.63, 3.8) is 0 Å². The van der Waals surface area contributed by atoms with E-state index in [1.165, 1.54) is 0 Å². The van der Waals surface area contributed by atoms with Gasteiger partial charge in [-0.15, -0.1) is 0 Å². The number of Topliss-reactive ketones (excluding diaryl/α,β-unsaturated/α-hetero) is 2. The highest BCUT2D eigenvalue weighted by Gasteiger charge is 2.07. The zero-order valence-electron chi connectivity index (χ0n) is 9.34. The molecule has 1 aliphatic carbocycles. The maximum Gasteiger partial charge on any atom is 0.133 e. The van der Waals surface area contributed by atoms with Crippen molar-refractivity contribution in [3.05, 3.63) is 12.2 Å². The van der Waals surface area contributed by atoms with Crippen LogP contribution in [0.4, 0.5) is 0 Å². The first-order valence-electron chi connectivity index (χ1n) is 5.97. The van der Waals surface area contributed by atoms with Crippen LogP contribution in [0, 0.1) is 0 Å². The van der Waals surface area contributed by atoms with Gasteiger partial charge in [-0.05, 0) is 32.1 Å². The maximum atomic E-state index is 11.4. The van der Waals surface area contributed by atoms with Crippen LogP contribution in [0.3, 0.4) is 0 Å². The Kier molecular flexibility index (Phi) is 5.98. The number of ketones is 2. The fourth-order valence-corrected chi connectivity index (χ4v) is 1.77. The van der Waals surface area contributed by atoms with Crippen LogP contribution in [-0.4, -0.2) is 11.6 Å². The lowest BCUT2D eigenvalue weighted by Crippen LogP contribution is -2.03. The van der Waals surface area contributed by atoms with Gasteiger partial charge >= 0.3 is 0 Å². The van der Waals surface area contributed by atoms with Crippen molar-refractivity contribution in [1.29, 1.82) is 0 Å². The molecular weight excluding hydrogens is 188 g/mol. The van der Waals surface area contributed by atoms with E-state index in [4.69, 9.17) is 0 Å². The largest absolute Gasteiger partial charge is 0.300 e. The summed E-state index contributed by atoms with van der Waals surface area (Å²) in [7, 11) is 0. The summed E-state index contributed by atoms with van der Waals surface area (Å²) in [6.07, 6.45) is 11.6. The van der Waals surface area contributed by atoms with E-state index >= 15 is 0 Å². The Labute approximate surface area is 91.7 Å². The van der Waals surface area contributed by atoms with E-state index in [0.717, 1.165) is 32.1 Å². The Morgan fingerprint density at radius 1 is 0.667 bits per heavy atom. The molecule has 0 aromatic carbocycles. The number of rotatable bonds is 0. The van der Waals surface area contributed by atoms with E-state index in [0.29, 0.717) is 25.7 Å². The molecule has 0 saturated heterocycles. The van der Waals surface area contributed by atoms with Gasteiger partial charge in [0.25, 0.3) is 0 Å². The van der Waals surface area contributed by atoms with Crippen LogP contribution in [-0.2, 0) is 9.59 Å². The van der Waals surface area contributed by atoms with Crippen LogP contribution in [0.1, 0.15) is 57.8 Å². The van der Waals surface area contributed by atoms with Crippen LogP contribution in [0.25, 0.3) is 0 Å². The third-order valence-corrected chi connectivity index (χ3v) is 2.75. The Morgan fingerprint density at radius 3 is 1.87 bits per heavy atom. The summed E-state index contributed by atoms with van der Waals surface area (Å²) < 4.78 is 0. The Bertz CT molecular complexity index is 241. The first kappa shape index (κ1) is 12.2. The van der Waals surface area contributed by atoms with Gasteiger partial charge in [0.15, 0.2) is 0 Å². The minimum absolute atomic E-state index is 0.246. The van der Waals surface area contributed by atoms with Crippen LogP contribution in [0.15, 0.2) is 12.2 Å². The molecule has 0 radical (unpaired) electrons. The maximum absolute atomic E-state index is 11.4. The second kappa shape index (κ2) is 7.38. The molecule has 0 aliphatic heterocycles. The van der Waals surface area contributed by atoms with E-state index in [2.05, 4.69) is 12.2 Å². The van der Waals surface area contributed by atoms with Gasteiger partial charge < -0.3 is 0 Å². The molecule has 0 N–H and O–H groups in total. The van der Waals surface area contributed by atoms with Gasteiger partial charge in [0.1, 0.15) is 11.6 Å². The standard InChI is InChI=1S/C13H20O2/c14-12-8-6-4-2-1-3-5-7-9-13(15)11-10-12/h1-2H,3-11H2. The molecular formula is C13H20O2. The van der Waals surface area contributed by atoms with Crippen LogP contribution in [0.5, 0.6) is 0 Å². The minimum atomic E-state index is 0.246. The fourth-order valence-electron chi connectivity index (χ4n) is 1.77. The lowest BCUT2D eigenvalue weighted by atomic mass is 10.0. The van der Waals surface area contributed by atoms with Crippen LogP contribution < -0.4 is 0 Å². The summed E-state index contributed by atoms with van der Waals surface area (Å²) in [6.45, 7) is 0. The van der Waals surface area contributed by atoms with Gasteiger partial charge in [-0.1, -0.05) is 12.2 Å². The first-order chi connectivity index (χ1) is 7.29. The van der Waals surface area contributed by atoms with Crippen molar-refractivity contribution >= 4 is 11.6 Å². The molecule has 2 nitrogen and oxygen atoms in total. The van der Waals surface area contributed by atoms with E-state index in [-0.39, 0.29) is 11.6 Å². The molecule has 15 heavy (non-hydrogen) atoms. The minimum Gasteiger partial charge on any atom is -0.300 e. The molecule has 0 unspecified atom stereocenters.